The first-order chi connectivity index (χ1) is 10.7. The molecule has 3 saturated heterocycles. The molecule has 0 N–H and O–H groups in total. The van der Waals surface area contributed by atoms with E-state index in [0.717, 1.165) is 51.6 Å². The van der Waals surface area contributed by atoms with Crippen LogP contribution in [0, 0.1) is 0 Å². The van der Waals surface area contributed by atoms with E-state index >= 15 is 0 Å². The van der Waals surface area contributed by atoms with Gasteiger partial charge in [0, 0.05) is 63.9 Å². The molecule has 0 aromatic heterocycles. The molecule has 0 aromatic carbocycles. The van der Waals surface area contributed by atoms with E-state index in [1.807, 2.05) is 9.80 Å². The molecule has 6 heteroatoms. The van der Waals surface area contributed by atoms with Crippen molar-refractivity contribution in [2.24, 2.45) is 0 Å². The third-order valence-electron chi connectivity index (χ3n) is 5.07. The fourth-order valence-corrected chi connectivity index (χ4v) is 4.95. The van der Waals surface area contributed by atoms with Crippen LogP contribution in [0.4, 0.5) is 0 Å². The molecule has 22 heavy (non-hydrogen) atoms. The zero-order valence-corrected chi connectivity index (χ0v) is 14.2. The number of hydrogen-bond acceptors (Lipinski definition) is 4. The highest BCUT2D eigenvalue weighted by Crippen LogP contribution is 2.23. The zero-order valence-electron chi connectivity index (χ0n) is 13.3. The fraction of sp³-hybridized carbons (Fsp3) is 0.875. The quantitative estimate of drug-likeness (QED) is 0.775. The summed E-state index contributed by atoms with van der Waals surface area (Å²) in [6.07, 6.45) is 4.48. The molecule has 0 spiro atoms. The number of rotatable bonds is 4. The van der Waals surface area contributed by atoms with Crippen LogP contribution < -0.4 is 0 Å². The second kappa shape index (κ2) is 7.68. The van der Waals surface area contributed by atoms with Crippen LogP contribution >= 0.6 is 11.8 Å². The minimum Gasteiger partial charge on any atom is -0.342 e. The van der Waals surface area contributed by atoms with Crippen molar-refractivity contribution in [1.82, 2.24) is 14.7 Å². The van der Waals surface area contributed by atoms with Crippen LogP contribution in [0.1, 0.15) is 32.1 Å². The molecule has 1 unspecified atom stereocenters. The maximum Gasteiger partial charge on any atom is 0.224 e. The first kappa shape index (κ1) is 16.1. The van der Waals surface area contributed by atoms with Gasteiger partial charge in [-0.15, -0.1) is 0 Å². The van der Waals surface area contributed by atoms with Gasteiger partial charge in [0.1, 0.15) is 0 Å². The van der Waals surface area contributed by atoms with E-state index in [2.05, 4.69) is 16.7 Å². The van der Waals surface area contributed by atoms with E-state index in [4.69, 9.17) is 0 Å². The highest BCUT2D eigenvalue weighted by molar-refractivity contribution is 7.99. The third kappa shape index (κ3) is 3.96. The maximum absolute atomic E-state index is 12.4. The minimum absolute atomic E-state index is 0.216. The Morgan fingerprint density at radius 1 is 1.14 bits per heavy atom. The van der Waals surface area contributed by atoms with Crippen molar-refractivity contribution in [2.45, 2.75) is 38.1 Å². The standard InChI is InChI=1S/C16H27N3O2S/c20-15-3-1-6-18(15)9-4-16(21)19-8-2-7-17(10-11-19)14-5-12-22-13-14/h14H,1-13H2. The first-order valence-electron chi connectivity index (χ1n) is 8.61. The maximum atomic E-state index is 12.4. The van der Waals surface area contributed by atoms with Gasteiger partial charge in [0.2, 0.25) is 11.8 Å². The summed E-state index contributed by atoms with van der Waals surface area (Å²) in [6.45, 7) is 5.31. The van der Waals surface area contributed by atoms with Gasteiger partial charge in [-0.2, -0.15) is 11.8 Å². The summed E-state index contributed by atoms with van der Waals surface area (Å²) >= 11 is 2.05. The Labute approximate surface area is 137 Å². The van der Waals surface area contributed by atoms with Gasteiger partial charge in [-0.1, -0.05) is 0 Å². The van der Waals surface area contributed by atoms with Crippen molar-refractivity contribution in [2.75, 3.05) is 50.8 Å². The van der Waals surface area contributed by atoms with Crippen LogP contribution in [0.5, 0.6) is 0 Å². The molecule has 0 bridgehead atoms. The van der Waals surface area contributed by atoms with Gasteiger partial charge in [-0.25, -0.2) is 0 Å². The van der Waals surface area contributed by atoms with Gasteiger partial charge in [-0.05, 0) is 25.0 Å². The van der Waals surface area contributed by atoms with Crippen LogP contribution in [0.15, 0.2) is 0 Å². The summed E-state index contributed by atoms with van der Waals surface area (Å²) in [5.41, 5.74) is 0. The van der Waals surface area contributed by atoms with Gasteiger partial charge in [-0.3, -0.25) is 14.5 Å². The SMILES string of the molecule is O=C1CCCN1CCC(=O)N1CCCN(C2CCSC2)CC1. The van der Waals surface area contributed by atoms with Gasteiger partial charge in [0.25, 0.3) is 0 Å². The second-order valence-electron chi connectivity index (χ2n) is 6.52. The van der Waals surface area contributed by atoms with E-state index in [1.54, 1.807) is 0 Å². The minimum atomic E-state index is 0.216. The Hall–Kier alpha value is -0.750. The molecular formula is C16H27N3O2S. The first-order valence-corrected chi connectivity index (χ1v) is 9.77. The van der Waals surface area contributed by atoms with Crippen molar-refractivity contribution < 1.29 is 9.59 Å². The average molecular weight is 325 g/mol. The van der Waals surface area contributed by atoms with Crippen molar-refractivity contribution >= 4 is 23.6 Å². The number of likely N-dealkylation sites (tertiary alicyclic amines) is 1. The number of thioether (sulfide) groups is 1. The molecule has 124 valence electrons. The van der Waals surface area contributed by atoms with Gasteiger partial charge < -0.3 is 9.80 Å². The molecule has 3 heterocycles. The molecular weight excluding hydrogens is 298 g/mol. The number of hydrogen-bond donors (Lipinski definition) is 0. The second-order valence-corrected chi connectivity index (χ2v) is 7.67. The average Bonchev–Trinajstić information content (AvgIpc) is 3.12. The summed E-state index contributed by atoms with van der Waals surface area (Å²) in [7, 11) is 0. The molecule has 0 aliphatic carbocycles. The zero-order chi connectivity index (χ0) is 15.4. The smallest absolute Gasteiger partial charge is 0.224 e. The van der Waals surface area contributed by atoms with E-state index in [-0.39, 0.29) is 11.8 Å². The largest absolute Gasteiger partial charge is 0.342 e. The molecule has 0 radical (unpaired) electrons. The van der Waals surface area contributed by atoms with Crippen LogP contribution in [0.2, 0.25) is 0 Å². The van der Waals surface area contributed by atoms with E-state index < -0.39 is 0 Å². The fourth-order valence-electron chi connectivity index (χ4n) is 3.69. The lowest BCUT2D eigenvalue weighted by atomic mass is 10.2. The topological polar surface area (TPSA) is 43.9 Å². The Kier molecular flexibility index (Phi) is 5.63. The lowest BCUT2D eigenvalue weighted by Crippen LogP contribution is -2.40. The number of nitrogens with zero attached hydrogens (tertiary/aromatic N) is 3. The molecule has 3 aliphatic heterocycles. The Morgan fingerprint density at radius 2 is 2.05 bits per heavy atom. The van der Waals surface area contributed by atoms with Crippen LogP contribution in [0.25, 0.3) is 0 Å². The van der Waals surface area contributed by atoms with Gasteiger partial charge >= 0.3 is 0 Å². The highest BCUT2D eigenvalue weighted by Gasteiger charge is 2.27. The Bertz CT molecular complexity index is 412. The van der Waals surface area contributed by atoms with Gasteiger partial charge in [0.15, 0.2) is 0 Å². The van der Waals surface area contributed by atoms with E-state index in [0.29, 0.717) is 19.4 Å². The number of amides is 2. The molecule has 0 aromatic rings. The van der Waals surface area contributed by atoms with Crippen LogP contribution in [-0.2, 0) is 9.59 Å². The molecule has 3 rings (SSSR count). The van der Waals surface area contributed by atoms with Crippen molar-refractivity contribution in [3.05, 3.63) is 0 Å². The summed E-state index contributed by atoms with van der Waals surface area (Å²) in [4.78, 5) is 30.5. The molecule has 0 saturated carbocycles. The molecule has 3 fully saturated rings. The summed E-state index contributed by atoms with van der Waals surface area (Å²) in [6, 6.07) is 0.724. The van der Waals surface area contributed by atoms with Crippen molar-refractivity contribution in [1.29, 1.82) is 0 Å². The Morgan fingerprint density at radius 3 is 2.77 bits per heavy atom. The van der Waals surface area contributed by atoms with Crippen LogP contribution in [0.3, 0.4) is 0 Å². The third-order valence-corrected chi connectivity index (χ3v) is 6.22. The predicted octanol–water partition coefficient (Wildman–Crippen LogP) is 1.04. The highest BCUT2D eigenvalue weighted by atomic mass is 32.2. The van der Waals surface area contributed by atoms with Crippen molar-refractivity contribution in [3.63, 3.8) is 0 Å². The molecule has 2 amide bonds. The molecule has 1 atom stereocenters. The molecule has 5 nitrogen and oxygen atoms in total. The monoisotopic (exact) mass is 325 g/mol. The lowest BCUT2D eigenvalue weighted by Gasteiger charge is -2.27. The summed E-state index contributed by atoms with van der Waals surface area (Å²) < 4.78 is 0. The van der Waals surface area contributed by atoms with E-state index in [1.165, 1.54) is 17.9 Å². The number of carbonyl (C=O) groups excluding carboxylic acids is 2. The Balaban J connectivity index is 1.43. The lowest BCUT2D eigenvalue weighted by molar-refractivity contribution is -0.132. The summed E-state index contributed by atoms with van der Waals surface area (Å²) in [5.74, 6) is 2.98. The van der Waals surface area contributed by atoms with Crippen LogP contribution in [-0.4, -0.2) is 83.3 Å². The van der Waals surface area contributed by atoms with Crippen molar-refractivity contribution in [3.8, 4) is 0 Å². The molecule has 3 aliphatic rings. The summed E-state index contributed by atoms with van der Waals surface area (Å²) in [5, 5.41) is 0. The van der Waals surface area contributed by atoms with Gasteiger partial charge in [0.05, 0.1) is 0 Å². The normalized spacial score (nSPS) is 27.5. The number of carbonyl (C=O) groups is 2. The van der Waals surface area contributed by atoms with E-state index in [9.17, 15) is 9.59 Å². The predicted molar refractivity (Wildman–Crippen MR) is 88.9 cm³/mol.